The molecule has 0 fully saturated rings. The Kier molecular flexibility index (Phi) is 3.29. The number of rotatable bonds is 1. The molecule has 1 heteroatoms. The van der Waals surface area contributed by atoms with Crippen molar-refractivity contribution in [2.45, 2.75) is 30.0 Å². The van der Waals surface area contributed by atoms with Gasteiger partial charge >= 0.3 is 83.9 Å². The summed E-state index contributed by atoms with van der Waals surface area (Å²) in [5.74, 6) is 0. The van der Waals surface area contributed by atoms with Crippen LogP contribution in [0, 0.1) is 20.8 Å². The molecule has 0 atom stereocenters. The van der Waals surface area contributed by atoms with E-state index in [1.165, 1.54) is 16.7 Å². The van der Waals surface area contributed by atoms with Gasteiger partial charge in [0.25, 0.3) is 0 Å². The van der Waals surface area contributed by atoms with E-state index in [-0.39, 0.29) is 0 Å². The van der Waals surface area contributed by atoms with Gasteiger partial charge in [0.1, 0.15) is 0 Å². The minimum absolute atomic E-state index is 1.22. The maximum absolute atomic E-state index is 2.46. The van der Waals surface area contributed by atoms with E-state index >= 15 is 0 Å². The van der Waals surface area contributed by atoms with Crippen LogP contribution in [-0.4, -0.2) is 21.8 Å². The van der Waals surface area contributed by atoms with E-state index < -0.39 is 21.8 Å². The predicted octanol–water partition coefficient (Wildman–Crippen LogP) is 2.57. The summed E-state index contributed by atoms with van der Waals surface area (Å²) in [6.07, 6.45) is 0. The van der Waals surface area contributed by atoms with Gasteiger partial charge in [0.05, 0.1) is 0 Å². The molecule has 0 aromatic heterocycles. The van der Waals surface area contributed by atoms with Crippen LogP contribution in [-0.2, 0) is 0 Å². The Morgan fingerprint density at radius 2 is 1.33 bits per heavy atom. The molecular formula is C11H17Bi. The van der Waals surface area contributed by atoms with Crippen LogP contribution in [0.25, 0.3) is 0 Å². The number of hydrogen-bond donors (Lipinski definition) is 0. The number of aryl methyl sites for hydroxylation is 3. The van der Waals surface area contributed by atoms with E-state index in [2.05, 4.69) is 42.2 Å². The summed E-state index contributed by atoms with van der Waals surface area (Å²) in [4.78, 5) is 0. The first-order valence-corrected chi connectivity index (χ1v) is 13.0. The number of benzene rings is 1. The number of hydrogen-bond acceptors (Lipinski definition) is 0. The third kappa shape index (κ3) is 2.07. The SMILES string of the molecule is Cc1cc(C)[c]([Bi]([CH3])[CH3])c(C)c1. The van der Waals surface area contributed by atoms with Gasteiger partial charge in [-0.25, -0.2) is 0 Å². The second kappa shape index (κ2) is 3.87. The molecule has 0 aliphatic carbocycles. The van der Waals surface area contributed by atoms with Crippen LogP contribution in [0.1, 0.15) is 16.7 Å². The van der Waals surface area contributed by atoms with E-state index in [0.717, 1.165) is 0 Å². The topological polar surface area (TPSA) is 0 Å². The molecule has 0 saturated heterocycles. The van der Waals surface area contributed by atoms with Crippen LogP contribution in [0.2, 0.25) is 9.26 Å². The second-order valence-corrected chi connectivity index (χ2v) is 12.3. The Morgan fingerprint density at radius 1 is 0.917 bits per heavy atom. The Labute approximate surface area is 83.7 Å². The van der Waals surface area contributed by atoms with Crippen molar-refractivity contribution in [1.29, 1.82) is 0 Å². The fraction of sp³-hybridized carbons (Fsp3) is 0.455. The first kappa shape index (κ1) is 10.2. The van der Waals surface area contributed by atoms with Crippen LogP contribution in [0.3, 0.4) is 0 Å². The standard InChI is InChI=1S/C9H11.2CH3.Bi/c1-7-4-8(2)6-9(3)5-7;;;/h4-5H,1-3H3;2*1H3;. The first-order chi connectivity index (χ1) is 5.52. The zero-order valence-corrected chi connectivity index (χ0v) is 12.1. The molecular weight excluding hydrogens is 341 g/mol. The molecule has 1 aromatic rings. The Hall–Kier alpha value is 0.103. The van der Waals surface area contributed by atoms with Crippen molar-refractivity contribution in [2.24, 2.45) is 0 Å². The van der Waals surface area contributed by atoms with Crippen molar-refractivity contribution in [2.75, 3.05) is 0 Å². The van der Waals surface area contributed by atoms with Gasteiger partial charge in [-0.05, 0) is 0 Å². The van der Waals surface area contributed by atoms with Crippen LogP contribution >= 0.6 is 0 Å². The van der Waals surface area contributed by atoms with Crippen molar-refractivity contribution in [3.8, 4) is 0 Å². The van der Waals surface area contributed by atoms with Crippen LogP contribution in [0.4, 0.5) is 0 Å². The van der Waals surface area contributed by atoms with Gasteiger partial charge in [-0.2, -0.15) is 0 Å². The molecule has 66 valence electrons. The van der Waals surface area contributed by atoms with Gasteiger partial charge in [-0.15, -0.1) is 0 Å². The third-order valence-corrected chi connectivity index (χ3v) is 8.30. The molecule has 0 amide bonds. The van der Waals surface area contributed by atoms with E-state index in [0.29, 0.717) is 0 Å². The van der Waals surface area contributed by atoms with E-state index in [1.807, 2.05) is 0 Å². The third-order valence-electron chi connectivity index (χ3n) is 2.08. The summed E-state index contributed by atoms with van der Waals surface area (Å²) >= 11 is -1.22. The Morgan fingerprint density at radius 3 is 1.67 bits per heavy atom. The van der Waals surface area contributed by atoms with Crippen LogP contribution < -0.4 is 3.27 Å². The van der Waals surface area contributed by atoms with Crippen molar-refractivity contribution >= 4 is 25.0 Å². The second-order valence-electron chi connectivity index (χ2n) is 3.64. The average Bonchev–Trinajstić information content (AvgIpc) is 1.82. The molecule has 0 aliphatic rings. The zero-order chi connectivity index (χ0) is 9.30. The van der Waals surface area contributed by atoms with Gasteiger partial charge in [-0.1, -0.05) is 0 Å². The summed E-state index contributed by atoms with van der Waals surface area (Å²) in [7, 11) is 0. The molecule has 0 unspecified atom stereocenters. The summed E-state index contributed by atoms with van der Waals surface area (Å²) in [5, 5.41) is 0. The quantitative estimate of drug-likeness (QED) is 0.677. The van der Waals surface area contributed by atoms with Crippen molar-refractivity contribution in [3.05, 3.63) is 28.8 Å². The van der Waals surface area contributed by atoms with Gasteiger partial charge in [0, 0.05) is 0 Å². The van der Waals surface area contributed by atoms with Crippen LogP contribution in [0.15, 0.2) is 12.1 Å². The van der Waals surface area contributed by atoms with Crippen molar-refractivity contribution in [3.63, 3.8) is 0 Å². The summed E-state index contributed by atoms with van der Waals surface area (Å²) in [5.41, 5.74) is 4.45. The summed E-state index contributed by atoms with van der Waals surface area (Å²) < 4.78 is 6.63. The minimum atomic E-state index is -1.22. The molecule has 0 nitrogen and oxygen atoms in total. The Bertz CT molecular complexity index is 264. The van der Waals surface area contributed by atoms with Gasteiger partial charge in [-0.3, -0.25) is 0 Å². The molecule has 1 rings (SSSR count). The fourth-order valence-corrected chi connectivity index (χ4v) is 7.86. The molecule has 12 heavy (non-hydrogen) atoms. The molecule has 0 N–H and O–H groups in total. The Balaban J connectivity index is 3.28. The van der Waals surface area contributed by atoms with E-state index in [1.54, 1.807) is 3.27 Å². The molecule has 0 heterocycles. The molecule has 0 bridgehead atoms. The van der Waals surface area contributed by atoms with E-state index in [4.69, 9.17) is 0 Å². The average molecular weight is 358 g/mol. The maximum atomic E-state index is 2.46. The molecule has 0 radical (unpaired) electrons. The van der Waals surface area contributed by atoms with E-state index in [9.17, 15) is 0 Å². The van der Waals surface area contributed by atoms with Gasteiger partial charge < -0.3 is 0 Å². The van der Waals surface area contributed by atoms with Crippen molar-refractivity contribution < 1.29 is 0 Å². The molecule has 0 aliphatic heterocycles. The first-order valence-electron chi connectivity index (χ1n) is 4.27. The zero-order valence-electron chi connectivity index (χ0n) is 8.60. The predicted molar refractivity (Wildman–Crippen MR) is 57.8 cm³/mol. The summed E-state index contributed by atoms with van der Waals surface area (Å²) in [6.45, 7) is 6.69. The molecule has 0 saturated carbocycles. The van der Waals surface area contributed by atoms with Crippen LogP contribution in [0.5, 0.6) is 0 Å². The fourth-order valence-electron chi connectivity index (χ4n) is 1.88. The normalized spacial score (nSPS) is 10.8. The monoisotopic (exact) mass is 358 g/mol. The van der Waals surface area contributed by atoms with Gasteiger partial charge in [0.2, 0.25) is 0 Å². The summed E-state index contributed by atoms with van der Waals surface area (Å²) in [6, 6.07) is 4.63. The molecule has 1 aromatic carbocycles. The van der Waals surface area contributed by atoms with Gasteiger partial charge in [0.15, 0.2) is 0 Å². The van der Waals surface area contributed by atoms with Crippen molar-refractivity contribution in [1.82, 2.24) is 0 Å². The molecule has 0 spiro atoms.